The van der Waals surface area contributed by atoms with Crippen LogP contribution in [-0.4, -0.2) is 6.54 Å². The first-order chi connectivity index (χ1) is 3.31. The third kappa shape index (κ3) is 3.80. The lowest BCUT2D eigenvalue weighted by Crippen LogP contribution is -2.04. The highest BCUT2D eigenvalue weighted by Gasteiger charge is 1.93. The molecular formula is C6H14N. The SMILES string of the molecule is [CH2]C(CC)CCN. The molecule has 2 N–H and O–H groups in total. The molecule has 0 amide bonds. The first kappa shape index (κ1) is 6.96. The molecule has 7 heavy (non-hydrogen) atoms. The van der Waals surface area contributed by atoms with Crippen LogP contribution in [0.3, 0.4) is 0 Å². The zero-order valence-electron chi connectivity index (χ0n) is 4.98. The van der Waals surface area contributed by atoms with Crippen molar-refractivity contribution >= 4 is 0 Å². The van der Waals surface area contributed by atoms with E-state index >= 15 is 0 Å². The Morgan fingerprint density at radius 2 is 2.29 bits per heavy atom. The summed E-state index contributed by atoms with van der Waals surface area (Å²) >= 11 is 0. The molecular weight excluding hydrogens is 86.1 g/mol. The summed E-state index contributed by atoms with van der Waals surface area (Å²) in [5.41, 5.74) is 5.26. The summed E-state index contributed by atoms with van der Waals surface area (Å²) in [7, 11) is 0. The highest BCUT2D eigenvalue weighted by molar-refractivity contribution is 4.57. The molecule has 0 aliphatic heterocycles. The molecule has 1 nitrogen and oxygen atoms in total. The van der Waals surface area contributed by atoms with Gasteiger partial charge in [0.05, 0.1) is 0 Å². The molecule has 0 aliphatic rings. The number of nitrogens with two attached hydrogens (primary N) is 1. The molecule has 0 aromatic rings. The molecule has 1 unspecified atom stereocenters. The molecule has 0 heterocycles. The Hall–Kier alpha value is -0.0400. The van der Waals surface area contributed by atoms with Crippen molar-refractivity contribution in [1.82, 2.24) is 0 Å². The predicted molar refractivity (Wildman–Crippen MR) is 32.8 cm³/mol. The normalized spacial score (nSPS) is 14.1. The molecule has 0 aromatic carbocycles. The minimum absolute atomic E-state index is 0.574. The van der Waals surface area contributed by atoms with E-state index in [9.17, 15) is 0 Å². The lowest BCUT2D eigenvalue weighted by molar-refractivity contribution is 0.577. The second-order valence-electron chi connectivity index (χ2n) is 1.85. The van der Waals surface area contributed by atoms with Crippen LogP contribution in [-0.2, 0) is 0 Å². The van der Waals surface area contributed by atoms with Gasteiger partial charge < -0.3 is 5.73 Å². The van der Waals surface area contributed by atoms with Crippen molar-refractivity contribution in [1.29, 1.82) is 0 Å². The first-order valence-electron chi connectivity index (χ1n) is 2.84. The van der Waals surface area contributed by atoms with E-state index in [2.05, 4.69) is 13.8 Å². The third-order valence-electron chi connectivity index (χ3n) is 1.15. The van der Waals surface area contributed by atoms with Gasteiger partial charge in [0, 0.05) is 0 Å². The summed E-state index contributed by atoms with van der Waals surface area (Å²) in [5, 5.41) is 0. The van der Waals surface area contributed by atoms with Gasteiger partial charge in [-0.2, -0.15) is 0 Å². The minimum atomic E-state index is 0.574. The second kappa shape index (κ2) is 4.13. The van der Waals surface area contributed by atoms with E-state index in [0.29, 0.717) is 5.92 Å². The standard InChI is InChI=1S/C6H14N/c1-3-6(2)4-5-7/h6H,2-5,7H2,1H3. The largest absolute Gasteiger partial charge is 0.330 e. The van der Waals surface area contributed by atoms with Gasteiger partial charge in [-0.25, -0.2) is 0 Å². The molecule has 0 aliphatic carbocycles. The quantitative estimate of drug-likeness (QED) is 0.566. The van der Waals surface area contributed by atoms with Crippen LogP contribution in [0.4, 0.5) is 0 Å². The van der Waals surface area contributed by atoms with Crippen LogP contribution in [0.15, 0.2) is 0 Å². The van der Waals surface area contributed by atoms with Crippen molar-refractivity contribution in [2.24, 2.45) is 11.7 Å². The van der Waals surface area contributed by atoms with Crippen LogP contribution in [0, 0.1) is 12.8 Å². The van der Waals surface area contributed by atoms with Crippen molar-refractivity contribution in [2.75, 3.05) is 6.54 Å². The summed E-state index contributed by atoms with van der Waals surface area (Å²) < 4.78 is 0. The summed E-state index contributed by atoms with van der Waals surface area (Å²) in [6.45, 7) is 6.78. The molecule has 0 rings (SSSR count). The Labute approximate surface area is 45.9 Å². The van der Waals surface area contributed by atoms with Crippen LogP contribution >= 0.6 is 0 Å². The average molecular weight is 100 g/mol. The van der Waals surface area contributed by atoms with E-state index < -0.39 is 0 Å². The molecule has 0 fully saturated rings. The molecule has 0 bridgehead atoms. The molecule has 0 saturated heterocycles. The number of hydrogen-bond acceptors (Lipinski definition) is 1. The van der Waals surface area contributed by atoms with Crippen molar-refractivity contribution in [3.63, 3.8) is 0 Å². The zero-order valence-corrected chi connectivity index (χ0v) is 4.98. The number of rotatable bonds is 3. The van der Waals surface area contributed by atoms with E-state index in [0.717, 1.165) is 19.4 Å². The Bertz CT molecular complexity index is 35.2. The fraction of sp³-hybridized carbons (Fsp3) is 0.833. The lowest BCUT2D eigenvalue weighted by atomic mass is 10.1. The molecule has 1 heteroatoms. The average Bonchev–Trinajstić information content (AvgIpc) is 1.68. The Morgan fingerprint density at radius 1 is 1.71 bits per heavy atom. The van der Waals surface area contributed by atoms with Crippen LogP contribution < -0.4 is 5.73 Å². The third-order valence-corrected chi connectivity index (χ3v) is 1.15. The summed E-state index contributed by atoms with van der Waals surface area (Å²) in [6, 6.07) is 0. The maximum absolute atomic E-state index is 5.26. The van der Waals surface area contributed by atoms with Gasteiger partial charge in [-0.05, 0) is 18.9 Å². The van der Waals surface area contributed by atoms with Crippen LogP contribution in [0.25, 0.3) is 0 Å². The van der Waals surface area contributed by atoms with Crippen LogP contribution in [0.2, 0.25) is 0 Å². The molecule has 0 spiro atoms. The molecule has 1 atom stereocenters. The molecule has 1 radical (unpaired) electrons. The van der Waals surface area contributed by atoms with Gasteiger partial charge in [-0.3, -0.25) is 0 Å². The first-order valence-corrected chi connectivity index (χ1v) is 2.84. The molecule has 0 saturated carbocycles. The van der Waals surface area contributed by atoms with Gasteiger partial charge in [0.25, 0.3) is 0 Å². The maximum atomic E-state index is 5.26. The van der Waals surface area contributed by atoms with Gasteiger partial charge in [-0.15, -0.1) is 0 Å². The molecule has 43 valence electrons. The fourth-order valence-corrected chi connectivity index (χ4v) is 0.440. The van der Waals surface area contributed by atoms with E-state index in [-0.39, 0.29) is 0 Å². The van der Waals surface area contributed by atoms with E-state index in [1.54, 1.807) is 0 Å². The Kier molecular flexibility index (Phi) is 4.10. The van der Waals surface area contributed by atoms with Crippen molar-refractivity contribution in [2.45, 2.75) is 19.8 Å². The zero-order chi connectivity index (χ0) is 5.70. The topological polar surface area (TPSA) is 26.0 Å². The lowest BCUT2D eigenvalue weighted by Gasteiger charge is -2.02. The van der Waals surface area contributed by atoms with Crippen molar-refractivity contribution in [3.8, 4) is 0 Å². The highest BCUT2D eigenvalue weighted by atomic mass is 14.5. The van der Waals surface area contributed by atoms with Gasteiger partial charge >= 0.3 is 0 Å². The van der Waals surface area contributed by atoms with Crippen molar-refractivity contribution < 1.29 is 0 Å². The van der Waals surface area contributed by atoms with Gasteiger partial charge in [-0.1, -0.05) is 20.3 Å². The van der Waals surface area contributed by atoms with Gasteiger partial charge in [0.2, 0.25) is 0 Å². The van der Waals surface area contributed by atoms with Gasteiger partial charge in [0.15, 0.2) is 0 Å². The van der Waals surface area contributed by atoms with Crippen molar-refractivity contribution in [3.05, 3.63) is 6.92 Å². The summed E-state index contributed by atoms with van der Waals surface area (Å²) in [4.78, 5) is 0. The van der Waals surface area contributed by atoms with E-state index in [4.69, 9.17) is 5.73 Å². The van der Waals surface area contributed by atoms with E-state index in [1.807, 2.05) is 0 Å². The maximum Gasteiger partial charge on any atom is -0.00746 e. The summed E-state index contributed by atoms with van der Waals surface area (Å²) in [5.74, 6) is 0.574. The highest BCUT2D eigenvalue weighted by Crippen LogP contribution is 2.02. The van der Waals surface area contributed by atoms with Gasteiger partial charge in [0.1, 0.15) is 0 Å². The summed E-state index contributed by atoms with van der Waals surface area (Å²) in [6.07, 6.45) is 2.22. The van der Waals surface area contributed by atoms with E-state index in [1.165, 1.54) is 0 Å². The second-order valence-corrected chi connectivity index (χ2v) is 1.85. The monoisotopic (exact) mass is 100 g/mol. The fourth-order valence-electron chi connectivity index (χ4n) is 0.440. The Balaban J connectivity index is 2.83. The predicted octanol–water partition coefficient (Wildman–Crippen LogP) is 1.20. The Morgan fingerprint density at radius 3 is 2.43 bits per heavy atom. The minimum Gasteiger partial charge on any atom is -0.330 e. The van der Waals surface area contributed by atoms with Crippen LogP contribution in [0.1, 0.15) is 19.8 Å². The van der Waals surface area contributed by atoms with Crippen LogP contribution in [0.5, 0.6) is 0 Å². The smallest absolute Gasteiger partial charge is 0.00746 e. The molecule has 0 aromatic heterocycles. The number of hydrogen-bond donors (Lipinski definition) is 1.